The van der Waals surface area contributed by atoms with Crippen molar-refractivity contribution in [2.45, 2.75) is 44.6 Å². The molecule has 5 rings (SSSR count). The molecule has 3 aliphatic rings. The summed E-state index contributed by atoms with van der Waals surface area (Å²) < 4.78 is 4.76. The molecule has 2 saturated heterocycles. The SMILES string of the molecule is COC(=O)Nc1ccc2c(c1)N(C(=O)CCN1CCN3CCCCC3C1)c1ccccc1CC2. The van der Waals surface area contributed by atoms with Crippen LogP contribution in [0.3, 0.4) is 0 Å². The highest BCUT2D eigenvalue weighted by Gasteiger charge is 2.30. The Morgan fingerprint density at radius 2 is 1.82 bits per heavy atom. The number of piperidine rings is 1. The zero-order chi connectivity index (χ0) is 23.5. The first-order valence-corrected chi connectivity index (χ1v) is 12.5. The van der Waals surface area contributed by atoms with Gasteiger partial charge in [-0.3, -0.25) is 24.8 Å². The summed E-state index contributed by atoms with van der Waals surface area (Å²) in [5.41, 5.74) is 4.69. The number of ether oxygens (including phenoxy) is 1. The zero-order valence-electron chi connectivity index (χ0n) is 20.0. The number of nitrogens with one attached hydrogen (secondary N) is 1. The van der Waals surface area contributed by atoms with Gasteiger partial charge in [-0.2, -0.15) is 0 Å². The minimum atomic E-state index is -0.520. The zero-order valence-corrected chi connectivity index (χ0v) is 20.0. The number of hydrogen-bond acceptors (Lipinski definition) is 5. The molecule has 1 N–H and O–H groups in total. The third-order valence-electron chi connectivity index (χ3n) is 7.47. The lowest BCUT2D eigenvalue weighted by Crippen LogP contribution is -2.55. The number of para-hydroxylation sites is 1. The number of anilines is 3. The minimum absolute atomic E-state index is 0.0943. The van der Waals surface area contributed by atoms with E-state index in [4.69, 9.17) is 4.74 Å². The minimum Gasteiger partial charge on any atom is -0.453 e. The summed E-state index contributed by atoms with van der Waals surface area (Å²) in [6, 6.07) is 14.6. The van der Waals surface area contributed by atoms with Gasteiger partial charge < -0.3 is 4.74 Å². The van der Waals surface area contributed by atoms with Gasteiger partial charge in [0.05, 0.1) is 18.5 Å². The largest absolute Gasteiger partial charge is 0.453 e. The number of carbonyl (C=O) groups excluding carboxylic acids is 2. The molecule has 7 heteroatoms. The van der Waals surface area contributed by atoms with Crippen molar-refractivity contribution in [2.75, 3.05) is 50.1 Å². The maximum atomic E-state index is 13.8. The van der Waals surface area contributed by atoms with Gasteiger partial charge >= 0.3 is 6.09 Å². The average molecular weight is 463 g/mol. The van der Waals surface area contributed by atoms with Crippen LogP contribution in [0, 0.1) is 0 Å². The highest BCUT2D eigenvalue weighted by molar-refractivity contribution is 6.03. The van der Waals surface area contributed by atoms with Crippen LogP contribution in [-0.2, 0) is 22.4 Å². The van der Waals surface area contributed by atoms with E-state index in [2.05, 4.69) is 21.2 Å². The fourth-order valence-electron chi connectivity index (χ4n) is 5.63. The van der Waals surface area contributed by atoms with E-state index in [1.807, 2.05) is 41.3 Å². The number of benzene rings is 2. The van der Waals surface area contributed by atoms with E-state index in [-0.39, 0.29) is 5.91 Å². The normalized spacial score (nSPS) is 20.5. The standard InChI is InChI=1S/C27H34N4O3/c1-34-27(33)28-22-12-11-21-10-9-20-6-2-3-8-24(20)31(25(21)18-22)26(32)13-15-29-16-17-30-14-5-4-7-23(30)19-29/h2-3,6,8,11-12,18,23H,4-5,7,9-10,13-17,19H2,1H3,(H,28,33). The lowest BCUT2D eigenvalue weighted by Gasteiger charge is -2.44. The number of amides is 2. The van der Waals surface area contributed by atoms with Gasteiger partial charge in [-0.1, -0.05) is 30.7 Å². The number of carbonyl (C=O) groups is 2. The van der Waals surface area contributed by atoms with Crippen LogP contribution in [0.2, 0.25) is 0 Å². The molecule has 0 spiro atoms. The van der Waals surface area contributed by atoms with Crippen molar-refractivity contribution in [1.82, 2.24) is 9.80 Å². The second-order valence-corrected chi connectivity index (χ2v) is 9.55. The van der Waals surface area contributed by atoms with Crippen molar-refractivity contribution in [1.29, 1.82) is 0 Å². The average Bonchev–Trinajstić information content (AvgIpc) is 3.03. The summed E-state index contributed by atoms with van der Waals surface area (Å²) in [6.07, 6.45) is 5.57. The van der Waals surface area contributed by atoms with Gasteiger partial charge in [-0.05, 0) is 61.6 Å². The lowest BCUT2D eigenvalue weighted by atomic mass is 9.99. The van der Waals surface area contributed by atoms with Gasteiger partial charge in [-0.15, -0.1) is 0 Å². The summed E-state index contributed by atoms with van der Waals surface area (Å²) in [6.45, 7) is 5.20. The molecule has 1 unspecified atom stereocenters. The van der Waals surface area contributed by atoms with E-state index in [1.165, 1.54) is 38.5 Å². The Morgan fingerprint density at radius 1 is 1.00 bits per heavy atom. The van der Waals surface area contributed by atoms with Gasteiger partial charge in [0.2, 0.25) is 5.91 Å². The maximum Gasteiger partial charge on any atom is 0.411 e. The van der Waals surface area contributed by atoms with Crippen molar-refractivity contribution in [3.05, 3.63) is 53.6 Å². The summed E-state index contributed by atoms with van der Waals surface area (Å²) in [5, 5.41) is 2.74. The second kappa shape index (κ2) is 10.2. The Hall–Kier alpha value is -2.90. The number of hydrogen-bond donors (Lipinski definition) is 1. The van der Waals surface area contributed by atoms with E-state index in [1.54, 1.807) is 0 Å². The maximum absolute atomic E-state index is 13.8. The quantitative estimate of drug-likeness (QED) is 0.738. The second-order valence-electron chi connectivity index (χ2n) is 9.55. The highest BCUT2D eigenvalue weighted by atomic mass is 16.5. The number of nitrogens with zero attached hydrogens (tertiary/aromatic N) is 3. The van der Waals surface area contributed by atoms with Crippen LogP contribution < -0.4 is 10.2 Å². The first kappa shape index (κ1) is 22.9. The molecule has 2 fully saturated rings. The van der Waals surface area contributed by atoms with E-state index in [9.17, 15) is 9.59 Å². The molecule has 2 amide bonds. The number of fused-ring (bicyclic) bond motifs is 3. The number of aryl methyl sites for hydroxylation is 2. The predicted molar refractivity (Wildman–Crippen MR) is 134 cm³/mol. The van der Waals surface area contributed by atoms with Gasteiger partial charge in [0.1, 0.15) is 0 Å². The highest BCUT2D eigenvalue weighted by Crippen LogP contribution is 2.38. The molecule has 7 nitrogen and oxygen atoms in total. The van der Waals surface area contributed by atoms with E-state index in [0.29, 0.717) is 18.2 Å². The molecule has 2 aromatic rings. The molecule has 34 heavy (non-hydrogen) atoms. The Balaban J connectivity index is 1.37. The van der Waals surface area contributed by atoms with Crippen LogP contribution in [0.5, 0.6) is 0 Å². The third-order valence-corrected chi connectivity index (χ3v) is 7.47. The number of rotatable bonds is 4. The summed E-state index contributed by atoms with van der Waals surface area (Å²) in [4.78, 5) is 32.5. The Kier molecular flexibility index (Phi) is 6.83. The van der Waals surface area contributed by atoms with Crippen LogP contribution in [0.4, 0.5) is 21.9 Å². The molecule has 1 atom stereocenters. The van der Waals surface area contributed by atoms with Gasteiger partial charge in [0.25, 0.3) is 0 Å². The fourth-order valence-corrected chi connectivity index (χ4v) is 5.63. The van der Waals surface area contributed by atoms with Crippen LogP contribution in [-0.4, -0.2) is 67.7 Å². The molecule has 0 bridgehead atoms. The van der Waals surface area contributed by atoms with Gasteiger partial charge in [0, 0.05) is 44.3 Å². The molecular formula is C27H34N4O3. The topological polar surface area (TPSA) is 65.1 Å². The monoisotopic (exact) mass is 462 g/mol. The van der Waals surface area contributed by atoms with E-state index < -0.39 is 6.09 Å². The Morgan fingerprint density at radius 3 is 2.68 bits per heavy atom. The number of methoxy groups -OCH3 is 1. The van der Waals surface area contributed by atoms with Crippen LogP contribution in [0.1, 0.15) is 36.8 Å². The number of piperazine rings is 1. The van der Waals surface area contributed by atoms with Crippen LogP contribution in [0.25, 0.3) is 0 Å². The van der Waals surface area contributed by atoms with Crippen LogP contribution in [0.15, 0.2) is 42.5 Å². The Bertz CT molecular complexity index is 1060. The predicted octanol–water partition coefficient (Wildman–Crippen LogP) is 4.19. The van der Waals surface area contributed by atoms with Crippen molar-refractivity contribution in [3.8, 4) is 0 Å². The third kappa shape index (κ3) is 4.81. The summed E-state index contributed by atoms with van der Waals surface area (Å²) in [5.74, 6) is 0.0943. The molecule has 0 aliphatic carbocycles. The first-order chi connectivity index (χ1) is 16.6. The van der Waals surface area contributed by atoms with Gasteiger partial charge in [-0.25, -0.2) is 4.79 Å². The molecule has 3 aliphatic heterocycles. The smallest absolute Gasteiger partial charge is 0.411 e. The molecule has 2 aromatic carbocycles. The van der Waals surface area contributed by atoms with Crippen molar-refractivity contribution >= 4 is 29.1 Å². The summed E-state index contributed by atoms with van der Waals surface area (Å²) >= 11 is 0. The molecule has 0 radical (unpaired) electrons. The summed E-state index contributed by atoms with van der Waals surface area (Å²) in [7, 11) is 1.35. The van der Waals surface area contributed by atoms with Crippen molar-refractivity contribution < 1.29 is 14.3 Å². The lowest BCUT2D eigenvalue weighted by molar-refractivity contribution is -0.118. The van der Waals surface area contributed by atoms with Crippen molar-refractivity contribution in [2.24, 2.45) is 0 Å². The molecule has 0 aromatic heterocycles. The van der Waals surface area contributed by atoms with Crippen molar-refractivity contribution in [3.63, 3.8) is 0 Å². The van der Waals surface area contributed by atoms with Gasteiger partial charge in [0.15, 0.2) is 0 Å². The Labute approximate surface area is 201 Å². The van der Waals surface area contributed by atoms with E-state index >= 15 is 0 Å². The molecule has 3 heterocycles. The molecular weight excluding hydrogens is 428 g/mol. The molecule has 180 valence electrons. The first-order valence-electron chi connectivity index (χ1n) is 12.5. The molecule has 0 saturated carbocycles. The van der Waals surface area contributed by atoms with Crippen LogP contribution >= 0.6 is 0 Å². The fraction of sp³-hybridized carbons (Fsp3) is 0.481. The van der Waals surface area contributed by atoms with E-state index in [0.717, 1.165) is 56.0 Å².